The molecule has 2 heterocycles. The Morgan fingerprint density at radius 2 is 2.14 bits per heavy atom. The summed E-state index contributed by atoms with van der Waals surface area (Å²) < 4.78 is 1.12. The van der Waals surface area contributed by atoms with Gasteiger partial charge >= 0.3 is 0 Å². The number of halogens is 2. The van der Waals surface area contributed by atoms with Crippen LogP contribution in [0.2, 0.25) is 0 Å². The van der Waals surface area contributed by atoms with Crippen molar-refractivity contribution in [1.82, 2.24) is 20.8 Å². The number of benzene rings is 1. The number of H-pyrrole nitrogens is 1. The zero-order valence-electron chi connectivity index (χ0n) is 16.5. The summed E-state index contributed by atoms with van der Waals surface area (Å²) in [5.41, 5.74) is 3.71. The van der Waals surface area contributed by atoms with Crippen LogP contribution in [-0.2, 0) is 6.42 Å². The second-order valence-corrected chi connectivity index (χ2v) is 7.85. The van der Waals surface area contributed by atoms with E-state index in [2.05, 4.69) is 79.8 Å². The maximum Gasteiger partial charge on any atom is 0.191 e. The Labute approximate surface area is 193 Å². The predicted octanol–water partition coefficient (Wildman–Crippen LogP) is 3.87. The SMILES string of the molecule is CCNC(=NCCCc1cn[nH]c1C)NC1CCN(c2ccc(Br)cc2)C1.I. The van der Waals surface area contributed by atoms with Gasteiger partial charge in [0.2, 0.25) is 0 Å². The first kappa shape index (κ1) is 23.0. The summed E-state index contributed by atoms with van der Waals surface area (Å²) in [5.74, 6) is 0.920. The lowest BCUT2D eigenvalue weighted by molar-refractivity contribution is 0.647. The van der Waals surface area contributed by atoms with Crippen LogP contribution in [0.4, 0.5) is 5.69 Å². The van der Waals surface area contributed by atoms with Crippen LogP contribution in [0.3, 0.4) is 0 Å². The first-order valence-electron chi connectivity index (χ1n) is 9.70. The van der Waals surface area contributed by atoms with Crippen molar-refractivity contribution in [2.45, 2.75) is 39.2 Å². The normalized spacial score (nSPS) is 16.8. The minimum absolute atomic E-state index is 0. The zero-order valence-corrected chi connectivity index (χ0v) is 20.5. The van der Waals surface area contributed by atoms with Crippen LogP contribution in [0.5, 0.6) is 0 Å². The fourth-order valence-electron chi connectivity index (χ4n) is 3.37. The molecule has 1 aromatic carbocycles. The lowest BCUT2D eigenvalue weighted by atomic mass is 10.1. The van der Waals surface area contributed by atoms with Crippen LogP contribution < -0.4 is 15.5 Å². The van der Waals surface area contributed by atoms with Gasteiger partial charge in [-0.25, -0.2) is 0 Å². The number of rotatable bonds is 7. The van der Waals surface area contributed by atoms with E-state index in [1.165, 1.54) is 11.3 Å². The maximum absolute atomic E-state index is 4.75. The number of aryl methyl sites for hydroxylation is 2. The van der Waals surface area contributed by atoms with Crippen LogP contribution in [0.25, 0.3) is 0 Å². The molecule has 3 rings (SSSR count). The average Bonchev–Trinajstić information content (AvgIpc) is 3.29. The minimum Gasteiger partial charge on any atom is -0.369 e. The number of aromatic nitrogens is 2. The fourth-order valence-corrected chi connectivity index (χ4v) is 3.63. The summed E-state index contributed by atoms with van der Waals surface area (Å²) in [6.45, 7) is 7.92. The van der Waals surface area contributed by atoms with Crippen molar-refractivity contribution in [1.29, 1.82) is 0 Å². The predicted molar refractivity (Wildman–Crippen MR) is 131 cm³/mol. The lowest BCUT2D eigenvalue weighted by Crippen LogP contribution is -2.44. The van der Waals surface area contributed by atoms with Crippen LogP contribution in [0, 0.1) is 6.92 Å². The van der Waals surface area contributed by atoms with Gasteiger partial charge in [-0.2, -0.15) is 5.10 Å². The van der Waals surface area contributed by atoms with E-state index in [-0.39, 0.29) is 24.0 Å². The summed E-state index contributed by atoms with van der Waals surface area (Å²) >= 11 is 3.50. The Kier molecular flexibility index (Phi) is 9.57. The number of hydrogen-bond acceptors (Lipinski definition) is 3. The van der Waals surface area contributed by atoms with Crippen molar-refractivity contribution in [3.8, 4) is 0 Å². The van der Waals surface area contributed by atoms with Crippen molar-refractivity contribution in [3.63, 3.8) is 0 Å². The molecule has 28 heavy (non-hydrogen) atoms. The quantitative estimate of drug-likeness (QED) is 0.208. The van der Waals surface area contributed by atoms with Gasteiger partial charge in [-0.05, 0) is 62.9 Å². The van der Waals surface area contributed by atoms with E-state index in [9.17, 15) is 0 Å². The van der Waals surface area contributed by atoms with E-state index >= 15 is 0 Å². The summed E-state index contributed by atoms with van der Waals surface area (Å²) in [7, 11) is 0. The van der Waals surface area contributed by atoms with Crippen LogP contribution in [-0.4, -0.2) is 48.4 Å². The highest BCUT2D eigenvalue weighted by Gasteiger charge is 2.23. The van der Waals surface area contributed by atoms with Gasteiger partial charge < -0.3 is 15.5 Å². The van der Waals surface area contributed by atoms with Crippen molar-refractivity contribution in [3.05, 3.63) is 46.2 Å². The van der Waals surface area contributed by atoms with E-state index in [0.717, 1.165) is 61.6 Å². The number of anilines is 1. The molecule has 0 radical (unpaired) electrons. The van der Waals surface area contributed by atoms with Crippen LogP contribution in [0.15, 0.2) is 39.9 Å². The van der Waals surface area contributed by atoms with Crippen molar-refractivity contribution in [2.24, 2.45) is 4.99 Å². The molecule has 8 heteroatoms. The second kappa shape index (κ2) is 11.6. The Hall–Kier alpha value is -1.29. The Balaban J connectivity index is 0.00000280. The first-order chi connectivity index (χ1) is 13.2. The first-order valence-corrected chi connectivity index (χ1v) is 10.5. The molecule has 0 bridgehead atoms. The monoisotopic (exact) mass is 560 g/mol. The van der Waals surface area contributed by atoms with E-state index < -0.39 is 0 Å². The Morgan fingerprint density at radius 3 is 2.82 bits per heavy atom. The number of guanidine groups is 1. The van der Waals surface area contributed by atoms with Gasteiger partial charge in [-0.15, -0.1) is 24.0 Å². The molecule has 0 saturated carbocycles. The molecule has 1 aliphatic heterocycles. The van der Waals surface area contributed by atoms with Crippen molar-refractivity contribution < 1.29 is 0 Å². The molecule has 6 nitrogen and oxygen atoms in total. The molecule has 1 saturated heterocycles. The molecule has 2 aromatic rings. The number of aliphatic imine (C=N–C) groups is 1. The molecule has 3 N–H and O–H groups in total. The number of nitrogens with zero attached hydrogens (tertiary/aromatic N) is 3. The third-order valence-corrected chi connectivity index (χ3v) is 5.40. The fraction of sp³-hybridized carbons (Fsp3) is 0.500. The molecule has 0 spiro atoms. The molecule has 1 atom stereocenters. The van der Waals surface area contributed by atoms with Gasteiger partial charge in [0.1, 0.15) is 0 Å². The average molecular weight is 561 g/mol. The van der Waals surface area contributed by atoms with Gasteiger partial charge in [-0.3, -0.25) is 10.1 Å². The molecule has 0 aliphatic carbocycles. The molecular weight excluding hydrogens is 531 g/mol. The molecule has 1 aromatic heterocycles. The van der Waals surface area contributed by atoms with Crippen LogP contribution in [0.1, 0.15) is 31.0 Å². The van der Waals surface area contributed by atoms with Gasteiger partial charge in [0.05, 0.1) is 6.20 Å². The largest absolute Gasteiger partial charge is 0.369 e. The topological polar surface area (TPSA) is 68.3 Å². The van der Waals surface area contributed by atoms with E-state index in [0.29, 0.717) is 6.04 Å². The summed E-state index contributed by atoms with van der Waals surface area (Å²) in [6.07, 6.45) is 5.06. The zero-order chi connectivity index (χ0) is 19.1. The minimum atomic E-state index is 0. The molecule has 0 amide bonds. The lowest BCUT2D eigenvalue weighted by Gasteiger charge is -2.20. The van der Waals surface area contributed by atoms with Gasteiger partial charge in [0.25, 0.3) is 0 Å². The number of nitrogens with one attached hydrogen (secondary N) is 3. The van der Waals surface area contributed by atoms with E-state index in [4.69, 9.17) is 4.99 Å². The smallest absolute Gasteiger partial charge is 0.191 e. The van der Waals surface area contributed by atoms with E-state index in [1.807, 2.05) is 6.20 Å². The van der Waals surface area contributed by atoms with Gasteiger partial charge in [-0.1, -0.05) is 15.9 Å². The molecule has 1 fully saturated rings. The summed E-state index contributed by atoms with van der Waals surface area (Å²) in [4.78, 5) is 7.18. The van der Waals surface area contributed by atoms with Gasteiger partial charge in [0, 0.05) is 48.1 Å². The summed E-state index contributed by atoms with van der Waals surface area (Å²) in [5, 5.41) is 14.0. The maximum atomic E-state index is 4.75. The number of aromatic amines is 1. The van der Waals surface area contributed by atoms with E-state index in [1.54, 1.807) is 0 Å². The third-order valence-electron chi connectivity index (χ3n) is 4.87. The van der Waals surface area contributed by atoms with Crippen LogP contribution >= 0.6 is 39.9 Å². The molecule has 1 unspecified atom stereocenters. The highest BCUT2D eigenvalue weighted by Crippen LogP contribution is 2.22. The standard InChI is InChI=1S/C20H29BrN6.HI/c1-3-22-20(23-11-4-5-16-13-24-26-15(16)2)25-18-10-12-27(14-18)19-8-6-17(21)7-9-19;/h6-9,13,18H,3-5,10-12,14H2,1-2H3,(H,24,26)(H2,22,23,25);1H. The van der Waals surface area contributed by atoms with Crippen molar-refractivity contribution in [2.75, 3.05) is 31.1 Å². The highest BCUT2D eigenvalue weighted by atomic mass is 127. The van der Waals surface area contributed by atoms with Gasteiger partial charge in [0.15, 0.2) is 5.96 Å². The third kappa shape index (κ3) is 6.65. The molecule has 154 valence electrons. The Bertz CT molecular complexity index is 745. The highest BCUT2D eigenvalue weighted by molar-refractivity contribution is 14.0. The van der Waals surface area contributed by atoms with Crippen molar-refractivity contribution >= 4 is 51.6 Å². The number of hydrogen-bond donors (Lipinski definition) is 3. The molecule has 1 aliphatic rings. The molecular formula is C20H30BrIN6. The Morgan fingerprint density at radius 1 is 1.36 bits per heavy atom. The summed E-state index contributed by atoms with van der Waals surface area (Å²) in [6, 6.07) is 8.96. The second-order valence-electron chi connectivity index (χ2n) is 6.94.